The predicted octanol–water partition coefficient (Wildman–Crippen LogP) is 8.59. The van der Waals surface area contributed by atoms with E-state index in [1.54, 1.807) is 18.2 Å². The summed E-state index contributed by atoms with van der Waals surface area (Å²) in [6.07, 6.45) is 13.7. The van der Waals surface area contributed by atoms with Crippen molar-refractivity contribution in [3.8, 4) is 0 Å². The average Bonchev–Trinajstić information content (AvgIpc) is 3.80. The van der Waals surface area contributed by atoms with Crippen LogP contribution in [0.5, 0.6) is 0 Å². The Morgan fingerprint density at radius 1 is 0.732 bits per heavy atom. The Hall–Kier alpha value is -5.57. The van der Waals surface area contributed by atoms with Crippen molar-refractivity contribution in [2.75, 3.05) is 23.7 Å². The molecule has 71 heavy (non-hydrogen) atoms. The average molecular weight is 1030 g/mol. The number of hydrogen-bond acceptors (Lipinski definition) is 11. The fourth-order valence-electron chi connectivity index (χ4n) is 10.1. The van der Waals surface area contributed by atoms with Gasteiger partial charge in [0.15, 0.2) is 5.71 Å². The van der Waals surface area contributed by atoms with Crippen LogP contribution in [0, 0.1) is 6.92 Å². The lowest BCUT2D eigenvalue weighted by molar-refractivity contribution is -0.438. The Balaban J connectivity index is 1.24. The number of hydroxylamine groups is 2. The second-order valence-electron chi connectivity index (χ2n) is 19.7. The molecule has 16 nitrogen and oxygen atoms in total. The predicted molar refractivity (Wildman–Crippen MR) is 268 cm³/mol. The van der Waals surface area contributed by atoms with Crippen molar-refractivity contribution in [2.24, 2.45) is 0 Å². The summed E-state index contributed by atoms with van der Waals surface area (Å²) in [4.78, 5) is 43.3. The summed E-state index contributed by atoms with van der Waals surface area (Å²) in [5, 5.41) is 0.571. The van der Waals surface area contributed by atoms with Crippen molar-refractivity contribution in [3.05, 3.63) is 130 Å². The summed E-state index contributed by atoms with van der Waals surface area (Å²) < 4.78 is 103. The lowest BCUT2D eigenvalue weighted by Crippen LogP contribution is -2.32. The Morgan fingerprint density at radius 3 is 2.07 bits per heavy atom. The standard InChI is InChI=1S/C52H61N3O13S3/c1-35-15-23-44-42(32-35)51(2,3)46(53(44)29-8-6-7-14-50(58)68-55-48(56)27-28-49(55)57)25-18-37-12-11-13-38(41(37)33-36-16-20-39(21-17-36)70(62,63)64)19-26-47-52(4,5)43-34-40(71(65,66)67)22-24-45(43)54(47)30-9-10-31-69(59,60)61/h15-26,32,34H,6-14,27-31,33H2,1-5H3,(H2-,59,60,61,62,63,64,65,66,67)/p+1. The largest absolute Gasteiger partial charge is 0.344 e. The van der Waals surface area contributed by atoms with E-state index in [-0.39, 0.29) is 35.5 Å². The number of carbonyl (C=O) groups excluding carboxylic acids is 3. The fourth-order valence-corrected chi connectivity index (χ4v) is 11.6. The van der Waals surface area contributed by atoms with Crippen LogP contribution in [0.25, 0.3) is 0 Å². The second-order valence-corrected chi connectivity index (χ2v) is 24.1. The number of carbonyl (C=O) groups is 3. The van der Waals surface area contributed by atoms with Gasteiger partial charge in [-0.2, -0.15) is 29.8 Å². The van der Waals surface area contributed by atoms with Gasteiger partial charge < -0.3 is 9.74 Å². The monoisotopic (exact) mass is 1030 g/mol. The molecule has 3 heterocycles. The minimum absolute atomic E-state index is 0.0293. The number of imide groups is 1. The van der Waals surface area contributed by atoms with Gasteiger partial charge in [-0.25, -0.2) is 4.79 Å². The highest BCUT2D eigenvalue weighted by Crippen LogP contribution is 2.49. The number of amides is 2. The number of unbranched alkanes of at least 4 members (excludes halogenated alkanes) is 3. The van der Waals surface area contributed by atoms with E-state index in [0.717, 1.165) is 64.2 Å². The first-order chi connectivity index (χ1) is 33.3. The van der Waals surface area contributed by atoms with Crippen molar-refractivity contribution in [1.29, 1.82) is 0 Å². The quantitative estimate of drug-likeness (QED) is 0.0442. The summed E-state index contributed by atoms with van der Waals surface area (Å²) >= 11 is 0. The zero-order valence-corrected chi connectivity index (χ0v) is 43.1. The molecule has 3 aliphatic heterocycles. The van der Waals surface area contributed by atoms with Crippen molar-refractivity contribution in [1.82, 2.24) is 5.06 Å². The van der Waals surface area contributed by atoms with Gasteiger partial charge in [-0.3, -0.25) is 23.2 Å². The van der Waals surface area contributed by atoms with Crippen molar-refractivity contribution >= 4 is 65.2 Å². The third-order valence-electron chi connectivity index (χ3n) is 13.9. The third-order valence-corrected chi connectivity index (χ3v) is 16.4. The zero-order chi connectivity index (χ0) is 51.7. The molecule has 0 spiro atoms. The number of rotatable bonds is 19. The lowest BCUT2D eigenvalue weighted by Gasteiger charge is -2.28. The van der Waals surface area contributed by atoms with Crippen LogP contribution < -0.4 is 4.90 Å². The van der Waals surface area contributed by atoms with Crippen LogP contribution >= 0.6 is 0 Å². The van der Waals surface area contributed by atoms with E-state index in [1.807, 2.05) is 24.5 Å². The summed E-state index contributed by atoms with van der Waals surface area (Å²) in [6, 6.07) is 17.0. The second kappa shape index (κ2) is 20.9. The van der Waals surface area contributed by atoms with Crippen LogP contribution in [0.15, 0.2) is 117 Å². The molecule has 19 heteroatoms. The number of fused-ring (bicyclic) bond motifs is 2. The molecule has 1 saturated heterocycles. The van der Waals surface area contributed by atoms with E-state index in [0.29, 0.717) is 61.5 Å². The van der Waals surface area contributed by atoms with Crippen LogP contribution in [0.3, 0.4) is 0 Å². The molecule has 380 valence electrons. The van der Waals surface area contributed by atoms with Gasteiger partial charge in [0.25, 0.3) is 42.2 Å². The van der Waals surface area contributed by atoms with E-state index in [1.165, 1.54) is 29.8 Å². The molecule has 0 aromatic heterocycles. The van der Waals surface area contributed by atoms with Gasteiger partial charge in [-0.1, -0.05) is 62.2 Å². The molecule has 3 aromatic carbocycles. The third kappa shape index (κ3) is 12.2. The maximum Gasteiger partial charge on any atom is 0.333 e. The molecule has 0 atom stereocenters. The number of allylic oxidation sites excluding steroid dienone is 8. The maximum atomic E-state index is 12.5. The van der Waals surface area contributed by atoms with Gasteiger partial charge in [0.1, 0.15) is 6.54 Å². The highest BCUT2D eigenvalue weighted by molar-refractivity contribution is 7.86. The highest BCUT2D eigenvalue weighted by atomic mass is 32.2. The molecule has 2 amide bonds. The molecule has 0 bridgehead atoms. The normalized spacial score (nSPS) is 19.2. The van der Waals surface area contributed by atoms with Crippen molar-refractivity contribution in [3.63, 3.8) is 0 Å². The number of anilines is 1. The smallest absolute Gasteiger partial charge is 0.333 e. The van der Waals surface area contributed by atoms with Crippen LogP contribution in [0.4, 0.5) is 11.4 Å². The zero-order valence-electron chi connectivity index (χ0n) is 40.7. The number of hydrogen-bond donors (Lipinski definition) is 3. The SMILES string of the molecule is Cc1ccc2c(c1)C(C)(C)C(=CC=C1CCCC(C=CC3=[N+](CCCCS(=O)(=O)O)c4ccc(S(=O)(=O)O)cc4C3(C)C)=C1Cc1ccc(S(=O)(=O)O)cc1)N2CCCCCC(=O)ON1C(=O)CCC1=O. The van der Waals surface area contributed by atoms with E-state index in [9.17, 15) is 53.3 Å². The minimum atomic E-state index is -4.53. The molecule has 1 aliphatic carbocycles. The Labute approximate surface area is 416 Å². The summed E-state index contributed by atoms with van der Waals surface area (Å²) in [5.74, 6) is -2.07. The number of aryl methyl sites for hydroxylation is 1. The molecule has 3 N–H and O–H groups in total. The van der Waals surface area contributed by atoms with E-state index >= 15 is 0 Å². The summed E-state index contributed by atoms with van der Waals surface area (Å²) in [5.41, 5.74) is 9.36. The number of nitrogens with zero attached hydrogens (tertiary/aromatic N) is 3. The summed E-state index contributed by atoms with van der Waals surface area (Å²) in [7, 11) is -13.1. The molecule has 1 fully saturated rings. The fraction of sp³-hybridized carbons (Fsp3) is 0.423. The van der Waals surface area contributed by atoms with E-state index < -0.39 is 64.7 Å². The first-order valence-electron chi connectivity index (χ1n) is 23.8. The van der Waals surface area contributed by atoms with Crippen LogP contribution in [-0.2, 0) is 66.8 Å². The van der Waals surface area contributed by atoms with Gasteiger partial charge in [0.05, 0.1) is 21.0 Å². The molecule has 0 saturated carbocycles. The van der Waals surface area contributed by atoms with Crippen LogP contribution in [0.2, 0.25) is 0 Å². The molecule has 3 aromatic rings. The maximum absolute atomic E-state index is 12.5. The van der Waals surface area contributed by atoms with Crippen molar-refractivity contribution in [2.45, 2.75) is 132 Å². The molecule has 7 rings (SSSR count). The lowest BCUT2D eigenvalue weighted by atomic mass is 9.80. The molecular weight excluding hydrogens is 971 g/mol. The van der Waals surface area contributed by atoms with Gasteiger partial charge in [-0.15, -0.1) is 5.06 Å². The van der Waals surface area contributed by atoms with E-state index in [4.69, 9.17) is 4.84 Å². The van der Waals surface area contributed by atoms with Gasteiger partial charge in [-0.05, 0) is 130 Å². The Kier molecular flexibility index (Phi) is 15.7. The van der Waals surface area contributed by atoms with Crippen molar-refractivity contribution < 1.29 is 62.7 Å². The molecular formula is C52H62N3O13S3+. The summed E-state index contributed by atoms with van der Waals surface area (Å²) in [6.45, 7) is 11.4. The Bertz CT molecular complexity index is 3130. The first-order valence-corrected chi connectivity index (χ1v) is 28.3. The highest BCUT2D eigenvalue weighted by Gasteiger charge is 2.45. The first kappa shape index (κ1) is 53.2. The molecule has 0 radical (unpaired) electrons. The van der Waals surface area contributed by atoms with Crippen LogP contribution in [0.1, 0.15) is 121 Å². The molecule has 0 unspecified atom stereocenters. The molecule has 4 aliphatic rings. The van der Waals surface area contributed by atoms with E-state index in [2.05, 4.69) is 62.1 Å². The minimum Gasteiger partial charge on any atom is -0.344 e. The van der Waals surface area contributed by atoms with Gasteiger partial charge in [0, 0.05) is 66.7 Å². The van der Waals surface area contributed by atoms with Gasteiger partial charge >= 0.3 is 5.97 Å². The van der Waals surface area contributed by atoms with Crippen LogP contribution in [-0.4, -0.2) is 90.9 Å². The van der Waals surface area contributed by atoms with Gasteiger partial charge in [0.2, 0.25) is 5.69 Å². The Morgan fingerprint density at radius 2 is 1.41 bits per heavy atom. The number of benzene rings is 3. The topological polar surface area (TPSA) is 233 Å².